The molecule has 5 aromatic rings. The van der Waals surface area contributed by atoms with E-state index in [4.69, 9.17) is 23.9 Å². The summed E-state index contributed by atoms with van der Waals surface area (Å²) in [5.41, 5.74) is 2.91. The number of esters is 1. The molecule has 0 saturated heterocycles. The Morgan fingerprint density at radius 3 is 2.23 bits per heavy atom. The van der Waals surface area contributed by atoms with Crippen LogP contribution in [0.4, 0.5) is 10.7 Å². The summed E-state index contributed by atoms with van der Waals surface area (Å²) in [6, 6.07) is 21.2. The maximum atomic E-state index is 14.0. The molecular weight excluding hydrogens is 582 g/mol. The van der Waals surface area contributed by atoms with Crippen LogP contribution in [0.1, 0.15) is 36.0 Å². The molecule has 0 aliphatic rings. The molecule has 44 heavy (non-hydrogen) atoms. The number of ether oxygens (including phenoxy) is 4. The molecule has 0 aliphatic heterocycles. The first-order valence-corrected chi connectivity index (χ1v) is 14.2. The van der Waals surface area contributed by atoms with E-state index in [0.29, 0.717) is 56.2 Å². The lowest BCUT2D eigenvalue weighted by molar-refractivity contribution is 0.0601. The minimum absolute atomic E-state index is 0.0871. The third kappa shape index (κ3) is 5.77. The smallest absolute Gasteiger partial charge is 0.341 e. The van der Waals surface area contributed by atoms with Gasteiger partial charge in [0.25, 0.3) is 11.8 Å². The number of hydrogen-bond acceptors (Lipinski definition) is 9. The van der Waals surface area contributed by atoms with Gasteiger partial charge in [0.2, 0.25) is 0 Å². The van der Waals surface area contributed by atoms with Crippen molar-refractivity contribution in [2.75, 3.05) is 39.1 Å². The largest absolute Gasteiger partial charge is 0.497 e. The van der Waals surface area contributed by atoms with Crippen molar-refractivity contribution in [3.63, 3.8) is 0 Å². The van der Waals surface area contributed by atoms with Crippen molar-refractivity contribution < 1.29 is 33.3 Å². The average Bonchev–Trinajstić information content (AvgIpc) is 3.38. The van der Waals surface area contributed by atoms with Gasteiger partial charge < -0.3 is 29.6 Å². The molecule has 11 heteroatoms. The van der Waals surface area contributed by atoms with E-state index in [1.807, 2.05) is 12.1 Å². The highest BCUT2D eigenvalue weighted by Crippen LogP contribution is 2.37. The SMILES string of the molecule is COC(=O)c1c(NC(=O)c2cc(-c3cc(OC)ccc3OC)nc3ccccc23)sc(C(=O)Nc2ccccc2OC)c1C. The van der Waals surface area contributed by atoms with Crippen LogP contribution >= 0.6 is 11.3 Å². The summed E-state index contributed by atoms with van der Waals surface area (Å²) < 4.78 is 21.3. The molecule has 0 aliphatic carbocycles. The average molecular weight is 612 g/mol. The second-order valence-electron chi connectivity index (χ2n) is 9.50. The highest BCUT2D eigenvalue weighted by molar-refractivity contribution is 7.19. The van der Waals surface area contributed by atoms with Crippen LogP contribution in [0, 0.1) is 6.92 Å². The zero-order chi connectivity index (χ0) is 31.4. The predicted octanol–water partition coefficient (Wildman–Crippen LogP) is 6.59. The lowest BCUT2D eigenvalue weighted by Gasteiger charge is -2.13. The maximum absolute atomic E-state index is 14.0. The molecule has 0 saturated carbocycles. The Labute approximate surface area is 257 Å². The summed E-state index contributed by atoms with van der Waals surface area (Å²) in [6.45, 7) is 1.63. The molecule has 0 atom stereocenters. The Hall–Kier alpha value is -5.42. The van der Waals surface area contributed by atoms with E-state index in [2.05, 4.69) is 10.6 Å². The number of nitrogens with zero attached hydrogens (tertiary/aromatic N) is 1. The number of carbonyl (C=O) groups is 3. The predicted molar refractivity (Wildman–Crippen MR) is 170 cm³/mol. The van der Waals surface area contributed by atoms with Crippen molar-refractivity contribution in [1.82, 2.24) is 4.98 Å². The van der Waals surface area contributed by atoms with E-state index < -0.39 is 17.8 Å². The third-order valence-electron chi connectivity index (χ3n) is 6.97. The molecule has 3 aromatic carbocycles. The van der Waals surface area contributed by atoms with E-state index in [1.54, 1.807) is 81.8 Å². The summed E-state index contributed by atoms with van der Waals surface area (Å²) in [5, 5.41) is 6.45. The number of pyridine rings is 1. The molecule has 0 fully saturated rings. The van der Waals surface area contributed by atoms with Crippen molar-refractivity contribution in [2.24, 2.45) is 0 Å². The second-order valence-corrected chi connectivity index (χ2v) is 10.5. The van der Waals surface area contributed by atoms with Crippen molar-refractivity contribution in [3.8, 4) is 28.5 Å². The van der Waals surface area contributed by atoms with E-state index in [0.717, 1.165) is 11.3 Å². The number of hydrogen-bond donors (Lipinski definition) is 2. The van der Waals surface area contributed by atoms with Gasteiger partial charge >= 0.3 is 5.97 Å². The number of benzene rings is 3. The van der Waals surface area contributed by atoms with Gasteiger partial charge in [0.05, 0.1) is 61.3 Å². The third-order valence-corrected chi connectivity index (χ3v) is 8.17. The fourth-order valence-electron chi connectivity index (χ4n) is 4.78. The van der Waals surface area contributed by atoms with Gasteiger partial charge in [0.1, 0.15) is 22.2 Å². The highest BCUT2D eigenvalue weighted by atomic mass is 32.1. The van der Waals surface area contributed by atoms with Crippen LogP contribution in [-0.4, -0.2) is 51.2 Å². The number of rotatable bonds is 9. The Bertz CT molecular complexity index is 1900. The van der Waals surface area contributed by atoms with Gasteiger partial charge in [-0.1, -0.05) is 30.3 Å². The summed E-state index contributed by atoms with van der Waals surface area (Å²) in [4.78, 5) is 45.2. The van der Waals surface area contributed by atoms with Crippen LogP contribution in [0.3, 0.4) is 0 Å². The van der Waals surface area contributed by atoms with Crippen molar-refractivity contribution in [3.05, 3.63) is 94.4 Å². The molecule has 2 amide bonds. The van der Waals surface area contributed by atoms with E-state index in [-0.39, 0.29) is 15.4 Å². The van der Waals surface area contributed by atoms with Gasteiger partial charge in [0.15, 0.2) is 0 Å². The lowest BCUT2D eigenvalue weighted by atomic mass is 10.0. The van der Waals surface area contributed by atoms with E-state index >= 15 is 0 Å². The van der Waals surface area contributed by atoms with E-state index in [1.165, 1.54) is 14.2 Å². The fraction of sp³-hybridized carbons (Fsp3) is 0.152. The highest BCUT2D eigenvalue weighted by Gasteiger charge is 2.28. The van der Waals surface area contributed by atoms with Crippen molar-refractivity contribution in [2.45, 2.75) is 6.92 Å². The fourth-order valence-corrected chi connectivity index (χ4v) is 5.86. The topological polar surface area (TPSA) is 125 Å². The number of methoxy groups -OCH3 is 4. The van der Waals surface area contributed by atoms with Gasteiger partial charge in [-0.25, -0.2) is 9.78 Å². The normalized spacial score (nSPS) is 10.7. The van der Waals surface area contributed by atoms with Gasteiger partial charge in [-0.05, 0) is 55.0 Å². The van der Waals surface area contributed by atoms with Crippen molar-refractivity contribution >= 4 is 50.7 Å². The molecular formula is C33H29N3O7S. The van der Waals surface area contributed by atoms with Crippen LogP contribution in [0.15, 0.2) is 72.8 Å². The molecule has 0 spiro atoms. The molecule has 10 nitrogen and oxygen atoms in total. The monoisotopic (exact) mass is 611 g/mol. The quantitative estimate of drug-likeness (QED) is 0.179. The molecule has 0 unspecified atom stereocenters. The van der Waals surface area contributed by atoms with Crippen molar-refractivity contribution in [1.29, 1.82) is 0 Å². The molecule has 2 aromatic heterocycles. The first-order valence-electron chi connectivity index (χ1n) is 13.4. The Morgan fingerprint density at radius 1 is 0.773 bits per heavy atom. The molecule has 0 bridgehead atoms. The number of nitrogens with one attached hydrogen (secondary N) is 2. The summed E-state index contributed by atoms with van der Waals surface area (Å²) in [5.74, 6) is -0.0409. The van der Waals surface area contributed by atoms with E-state index in [9.17, 15) is 14.4 Å². The minimum Gasteiger partial charge on any atom is -0.497 e. The first kappa shape index (κ1) is 30.1. The number of thiophene rings is 1. The number of anilines is 2. The standard InChI is InChI=1S/C33H29N3O7S/c1-18-28(33(39)43-5)32(44-29(18)31(38)35-24-12-8-9-13-27(24)42-4)36-30(37)21-17-25(34-23-11-7-6-10-20(21)23)22-16-19(40-2)14-15-26(22)41-3/h6-17H,1-5H3,(H,35,38)(H,36,37). The molecule has 224 valence electrons. The Kier molecular flexibility index (Phi) is 8.77. The van der Waals surface area contributed by atoms with Crippen LogP contribution in [-0.2, 0) is 4.74 Å². The molecule has 2 heterocycles. The lowest BCUT2D eigenvalue weighted by Crippen LogP contribution is -2.15. The van der Waals surface area contributed by atoms with Gasteiger partial charge in [0, 0.05) is 10.9 Å². The Morgan fingerprint density at radius 2 is 1.50 bits per heavy atom. The zero-order valence-corrected chi connectivity index (χ0v) is 25.5. The number of para-hydroxylation sites is 3. The van der Waals surface area contributed by atoms with Gasteiger partial charge in [-0.2, -0.15) is 0 Å². The zero-order valence-electron chi connectivity index (χ0n) is 24.6. The minimum atomic E-state index is -0.688. The van der Waals surface area contributed by atoms with Crippen LogP contribution < -0.4 is 24.8 Å². The molecule has 5 rings (SSSR count). The first-order chi connectivity index (χ1) is 21.3. The molecule has 0 radical (unpaired) electrons. The number of amides is 2. The van der Waals surface area contributed by atoms with Gasteiger partial charge in [-0.3, -0.25) is 9.59 Å². The second kappa shape index (κ2) is 12.8. The summed E-state index contributed by atoms with van der Waals surface area (Å²) >= 11 is 0.973. The number of carbonyl (C=O) groups excluding carboxylic acids is 3. The molecule has 2 N–H and O–H groups in total. The number of fused-ring (bicyclic) bond motifs is 1. The van der Waals surface area contributed by atoms with Gasteiger partial charge in [-0.15, -0.1) is 11.3 Å². The number of aromatic nitrogens is 1. The van der Waals surface area contributed by atoms with Crippen LogP contribution in [0.2, 0.25) is 0 Å². The summed E-state index contributed by atoms with van der Waals surface area (Å²) in [7, 11) is 5.85. The summed E-state index contributed by atoms with van der Waals surface area (Å²) in [6.07, 6.45) is 0. The maximum Gasteiger partial charge on any atom is 0.341 e. The van der Waals surface area contributed by atoms with Crippen LogP contribution in [0.25, 0.3) is 22.2 Å². The van der Waals surface area contributed by atoms with Crippen LogP contribution in [0.5, 0.6) is 17.2 Å². The Balaban J connectivity index is 1.57.